The molecule has 0 heterocycles. The minimum Gasteiger partial charge on any atom is -0.394 e. The van der Waals surface area contributed by atoms with E-state index in [1.807, 2.05) is 0 Å². The van der Waals surface area contributed by atoms with Gasteiger partial charge in [-0.1, -0.05) is 0 Å². The molecule has 5 N–H and O–H groups in total. The second kappa shape index (κ2) is 7.14. The van der Waals surface area contributed by atoms with Gasteiger partial charge in [0, 0.05) is 7.11 Å². The van der Waals surface area contributed by atoms with Gasteiger partial charge < -0.3 is 30.1 Å². The molecule has 0 aliphatic rings. The Morgan fingerprint density at radius 3 is 2.18 bits per heavy atom. The van der Waals surface area contributed by atoms with Crippen molar-refractivity contribution >= 4 is 14.1 Å². The van der Waals surface area contributed by atoms with Crippen LogP contribution in [0.5, 0.6) is 0 Å². The number of carbonyl (C=O) groups is 1. The summed E-state index contributed by atoms with van der Waals surface area (Å²) in [6.07, 6.45) is -7.57. The van der Waals surface area contributed by atoms with E-state index in [1.165, 1.54) is 0 Å². The third kappa shape index (κ3) is 5.19. The third-order valence-electron chi connectivity index (χ3n) is 1.89. The molecule has 0 saturated carbocycles. The molecule has 10 heteroatoms. The zero-order valence-corrected chi connectivity index (χ0v) is 9.80. The highest BCUT2D eigenvalue weighted by atomic mass is 31.2. The summed E-state index contributed by atoms with van der Waals surface area (Å²) in [5.74, 6) is 0. The molecule has 0 bridgehead atoms. The molecular formula is C7H15O9P. The fourth-order valence-electron chi connectivity index (χ4n) is 0.894. The normalized spacial score (nSPS) is 22.2. The summed E-state index contributed by atoms with van der Waals surface area (Å²) >= 11 is 0. The molecule has 0 aromatic carbocycles. The Balaban J connectivity index is 4.66. The number of phosphoric ester groups is 1. The number of aldehydes is 1. The van der Waals surface area contributed by atoms with Crippen LogP contribution in [0, 0.1) is 0 Å². The molecule has 9 nitrogen and oxygen atoms in total. The smallest absolute Gasteiger partial charge is 0.394 e. The van der Waals surface area contributed by atoms with Gasteiger partial charge in [0.15, 0.2) is 12.4 Å². The summed E-state index contributed by atoms with van der Waals surface area (Å²) in [6, 6.07) is 0. The summed E-state index contributed by atoms with van der Waals surface area (Å²) in [6.45, 7) is -0.870. The first-order valence-electron chi connectivity index (χ1n) is 4.46. The van der Waals surface area contributed by atoms with Gasteiger partial charge in [0.25, 0.3) is 0 Å². The van der Waals surface area contributed by atoms with Gasteiger partial charge >= 0.3 is 7.82 Å². The van der Waals surface area contributed by atoms with Gasteiger partial charge in [-0.3, -0.25) is 9.05 Å². The average molecular weight is 274 g/mol. The predicted molar refractivity (Wildman–Crippen MR) is 52.9 cm³/mol. The fourth-order valence-corrected chi connectivity index (χ4v) is 1.46. The topological polar surface area (TPSA) is 154 Å². The van der Waals surface area contributed by atoms with Crippen molar-refractivity contribution in [1.29, 1.82) is 0 Å². The number of hydrogen-bond acceptors (Lipinski definition) is 8. The van der Waals surface area contributed by atoms with Crippen LogP contribution in [0.15, 0.2) is 0 Å². The van der Waals surface area contributed by atoms with Crippen LogP contribution in [0.4, 0.5) is 0 Å². The summed E-state index contributed by atoms with van der Waals surface area (Å²) in [4.78, 5) is 19.4. The van der Waals surface area contributed by atoms with E-state index in [2.05, 4.69) is 9.05 Å². The van der Waals surface area contributed by atoms with Gasteiger partial charge in [-0.25, -0.2) is 4.57 Å². The van der Waals surface area contributed by atoms with Gasteiger partial charge in [-0.15, -0.1) is 0 Å². The highest BCUT2D eigenvalue weighted by molar-refractivity contribution is 7.47. The Hall–Kier alpha value is -0.380. The van der Waals surface area contributed by atoms with Gasteiger partial charge in [-0.2, -0.15) is 0 Å². The lowest BCUT2D eigenvalue weighted by molar-refractivity contribution is -0.135. The Morgan fingerprint density at radius 2 is 1.82 bits per heavy atom. The standard InChI is InChI=1S/C7H15O9P/c1-15-17(13,14)16-5(3-9)7(12)6(11)4(10)2-8/h3-8,10-12H,2H2,1H3,(H,13,14)/t4-,5-,6-,7-/m1/s1. The molecule has 0 aliphatic carbocycles. The second-order valence-electron chi connectivity index (χ2n) is 3.09. The number of rotatable bonds is 8. The molecule has 0 amide bonds. The first-order chi connectivity index (χ1) is 7.79. The Labute approximate surface area is 96.8 Å². The number of phosphoric acid groups is 1. The number of hydrogen-bond donors (Lipinski definition) is 5. The highest BCUT2D eigenvalue weighted by Crippen LogP contribution is 2.43. The average Bonchev–Trinajstić information content (AvgIpc) is 2.33. The molecule has 1 unspecified atom stereocenters. The van der Waals surface area contributed by atoms with Crippen LogP contribution in [0.1, 0.15) is 0 Å². The Kier molecular flexibility index (Phi) is 6.98. The fraction of sp³-hybridized carbons (Fsp3) is 0.857. The molecule has 0 radical (unpaired) electrons. The SMILES string of the molecule is COP(=O)(O)O[C@H](C=O)[C@@H](O)[C@H](O)[C@H](O)CO. The predicted octanol–water partition coefficient (Wildman–Crippen LogP) is -2.61. The van der Waals surface area contributed by atoms with Crippen molar-refractivity contribution in [1.82, 2.24) is 0 Å². The molecule has 102 valence electrons. The first-order valence-corrected chi connectivity index (χ1v) is 5.96. The Morgan fingerprint density at radius 1 is 1.29 bits per heavy atom. The van der Waals surface area contributed by atoms with Crippen LogP contribution < -0.4 is 0 Å². The van der Waals surface area contributed by atoms with Crippen molar-refractivity contribution in [3.8, 4) is 0 Å². The van der Waals surface area contributed by atoms with Crippen molar-refractivity contribution < 1.29 is 43.7 Å². The minimum absolute atomic E-state index is 0.0418. The molecule has 5 atom stereocenters. The van der Waals surface area contributed by atoms with E-state index in [9.17, 15) is 19.6 Å². The molecule has 0 fully saturated rings. The van der Waals surface area contributed by atoms with E-state index >= 15 is 0 Å². The van der Waals surface area contributed by atoms with Gasteiger partial charge in [0.2, 0.25) is 0 Å². The van der Waals surface area contributed by atoms with Gasteiger partial charge in [0.05, 0.1) is 6.61 Å². The van der Waals surface area contributed by atoms with E-state index in [0.717, 1.165) is 7.11 Å². The van der Waals surface area contributed by atoms with Crippen molar-refractivity contribution in [2.24, 2.45) is 0 Å². The molecule has 0 aliphatic heterocycles. The van der Waals surface area contributed by atoms with Crippen molar-refractivity contribution in [2.45, 2.75) is 24.4 Å². The second-order valence-corrected chi connectivity index (χ2v) is 4.60. The highest BCUT2D eigenvalue weighted by Gasteiger charge is 2.36. The largest absolute Gasteiger partial charge is 0.472 e. The number of aliphatic hydroxyl groups excluding tert-OH is 4. The maximum absolute atomic E-state index is 11.0. The molecule has 0 aromatic rings. The van der Waals surface area contributed by atoms with Crippen LogP contribution in [0.25, 0.3) is 0 Å². The summed E-state index contributed by atoms with van der Waals surface area (Å²) in [5.41, 5.74) is 0. The van der Waals surface area contributed by atoms with Gasteiger partial charge in [-0.05, 0) is 0 Å². The van der Waals surface area contributed by atoms with Crippen LogP contribution in [0.3, 0.4) is 0 Å². The minimum atomic E-state index is -4.52. The number of carbonyl (C=O) groups excluding carboxylic acids is 1. The van der Waals surface area contributed by atoms with Crippen LogP contribution in [-0.4, -0.2) is 69.7 Å². The van der Waals surface area contributed by atoms with Crippen molar-refractivity contribution in [3.63, 3.8) is 0 Å². The van der Waals surface area contributed by atoms with E-state index in [1.54, 1.807) is 0 Å². The molecule has 0 aromatic heterocycles. The lowest BCUT2D eigenvalue weighted by Crippen LogP contribution is -2.47. The van der Waals surface area contributed by atoms with E-state index in [0.29, 0.717) is 0 Å². The molecule has 0 saturated heterocycles. The van der Waals surface area contributed by atoms with E-state index in [4.69, 9.17) is 15.1 Å². The van der Waals surface area contributed by atoms with E-state index in [-0.39, 0.29) is 6.29 Å². The van der Waals surface area contributed by atoms with E-state index < -0.39 is 38.8 Å². The zero-order chi connectivity index (χ0) is 13.6. The van der Waals surface area contributed by atoms with Crippen LogP contribution in [0.2, 0.25) is 0 Å². The van der Waals surface area contributed by atoms with Crippen LogP contribution in [-0.2, 0) is 18.4 Å². The first kappa shape index (κ1) is 16.6. The quantitative estimate of drug-likeness (QED) is 0.236. The maximum atomic E-state index is 11.0. The van der Waals surface area contributed by atoms with Gasteiger partial charge in [0.1, 0.15) is 18.3 Å². The third-order valence-corrected chi connectivity index (χ3v) is 2.86. The summed E-state index contributed by atoms with van der Waals surface area (Å²) < 4.78 is 19.2. The molecular weight excluding hydrogens is 259 g/mol. The molecule has 0 spiro atoms. The summed E-state index contributed by atoms with van der Waals surface area (Å²) in [7, 11) is -3.68. The monoisotopic (exact) mass is 274 g/mol. The lowest BCUT2D eigenvalue weighted by Gasteiger charge is -2.26. The Bertz CT molecular complexity index is 283. The molecule has 0 rings (SSSR count). The number of aliphatic hydroxyl groups is 4. The van der Waals surface area contributed by atoms with Crippen molar-refractivity contribution in [3.05, 3.63) is 0 Å². The van der Waals surface area contributed by atoms with Crippen LogP contribution >= 0.6 is 7.82 Å². The lowest BCUT2D eigenvalue weighted by atomic mass is 10.0. The molecule has 17 heavy (non-hydrogen) atoms. The maximum Gasteiger partial charge on any atom is 0.472 e. The zero-order valence-electron chi connectivity index (χ0n) is 8.91. The summed E-state index contributed by atoms with van der Waals surface area (Å²) in [5, 5.41) is 36.1. The van der Waals surface area contributed by atoms with Crippen molar-refractivity contribution in [2.75, 3.05) is 13.7 Å².